The van der Waals surface area contributed by atoms with Gasteiger partial charge in [-0.25, -0.2) is 8.42 Å². The summed E-state index contributed by atoms with van der Waals surface area (Å²) in [6.07, 6.45) is 3.77. The molecule has 3 aromatic carbocycles. The first kappa shape index (κ1) is 20.6. The molecule has 148 valence electrons. The highest BCUT2D eigenvalue weighted by molar-refractivity contribution is 7.94. The highest BCUT2D eigenvalue weighted by Gasteiger charge is 2.12. The average molecular weight is 405 g/mol. The van der Waals surface area contributed by atoms with Crippen LogP contribution < -0.4 is 0 Å². The van der Waals surface area contributed by atoms with Crippen molar-refractivity contribution in [1.82, 2.24) is 0 Å². The van der Waals surface area contributed by atoms with E-state index in [-0.39, 0.29) is 11.0 Å². The van der Waals surface area contributed by atoms with Crippen molar-refractivity contribution in [2.75, 3.05) is 0 Å². The molecule has 3 aromatic rings. The molecule has 29 heavy (non-hydrogen) atoms. The van der Waals surface area contributed by atoms with Gasteiger partial charge in [0.15, 0.2) is 0 Å². The summed E-state index contributed by atoms with van der Waals surface area (Å²) in [7, 11) is -3.52. The Morgan fingerprint density at radius 3 is 1.79 bits per heavy atom. The maximum absolute atomic E-state index is 12.4. The van der Waals surface area contributed by atoms with E-state index in [1.165, 1.54) is 6.26 Å². The van der Waals surface area contributed by atoms with Gasteiger partial charge in [-0.05, 0) is 41.3 Å². The number of rotatable bonds is 8. The van der Waals surface area contributed by atoms with Crippen molar-refractivity contribution in [3.8, 4) is 0 Å². The van der Waals surface area contributed by atoms with E-state index < -0.39 is 9.84 Å². The SMILES string of the molecule is CCC(C=C(c1ccccc1)c1ccccc1)O/C=C\S(=O)(=O)c1ccccc1. The molecule has 3 rings (SSSR count). The van der Waals surface area contributed by atoms with Crippen molar-refractivity contribution in [3.63, 3.8) is 0 Å². The first-order chi connectivity index (χ1) is 14.1. The van der Waals surface area contributed by atoms with E-state index in [2.05, 4.69) is 24.3 Å². The maximum atomic E-state index is 12.4. The summed E-state index contributed by atoms with van der Waals surface area (Å²) < 4.78 is 30.6. The van der Waals surface area contributed by atoms with Crippen molar-refractivity contribution in [1.29, 1.82) is 0 Å². The molecule has 0 amide bonds. The van der Waals surface area contributed by atoms with Crippen molar-refractivity contribution in [3.05, 3.63) is 120 Å². The normalized spacial score (nSPS) is 12.4. The lowest BCUT2D eigenvalue weighted by Crippen LogP contribution is -2.06. The third kappa shape index (κ3) is 5.69. The van der Waals surface area contributed by atoms with Gasteiger partial charge in [0, 0.05) is 0 Å². The Kier molecular flexibility index (Phi) is 7.04. The molecule has 3 nitrogen and oxygen atoms in total. The molecule has 0 saturated carbocycles. The zero-order valence-corrected chi connectivity index (χ0v) is 17.1. The predicted molar refractivity (Wildman–Crippen MR) is 118 cm³/mol. The number of hydrogen-bond acceptors (Lipinski definition) is 3. The Labute approximate surface area is 172 Å². The van der Waals surface area contributed by atoms with Crippen LogP contribution in [0.4, 0.5) is 0 Å². The van der Waals surface area contributed by atoms with Crippen LogP contribution in [0.5, 0.6) is 0 Å². The third-order valence-electron chi connectivity index (χ3n) is 4.48. The van der Waals surface area contributed by atoms with Crippen LogP contribution in [0, 0.1) is 0 Å². The molecule has 0 fully saturated rings. The summed E-state index contributed by atoms with van der Waals surface area (Å²) in [5, 5.41) is 1.11. The summed E-state index contributed by atoms with van der Waals surface area (Å²) >= 11 is 0. The van der Waals surface area contributed by atoms with Gasteiger partial charge in [-0.1, -0.05) is 85.8 Å². The highest BCUT2D eigenvalue weighted by atomic mass is 32.2. The quantitative estimate of drug-likeness (QED) is 0.442. The molecule has 0 spiro atoms. The maximum Gasteiger partial charge on any atom is 0.202 e. The van der Waals surface area contributed by atoms with E-state index in [1.54, 1.807) is 30.3 Å². The van der Waals surface area contributed by atoms with E-state index in [0.29, 0.717) is 6.42 Å². The third-order valence-corrected chi connectivity index (χ3v) is 5.88. The second-order valence-electron chi connectivity index (χ2n) is 6.53. The van der Waals surface area contributed by atoms with Gasteiger partial charge in [-0.2, -0.15) is 0 Å². The smallest absolute Gasteiger partial charge is 0.202 e. The van der Waals surface area contributed by atoms with Crippen LogP contribution >= 0.6 is 0 Å². The van der Waals surface area contributed by atoms with Crippen molar-refractivity contribution < 1.29 is 13.2 Å². The predicted octanol–water partition coefficient (Wildman–Crippen LogP) is 5.86. The van der Waals surface area contributed by atoms with Crippen LogP contribution in [0.3, 0.4) is 0 Å². The van der Waals surface area contributed by atoms with Gasteiger partial charge >= 0.3 is 0 Å². The van der Waals surface area contributed by atoms with Crippen LogP contribution in [0.1, 0.15) is 24.5 Å². The van der Waals surface area contributed by atoms with Crippen LogP contribution in [0.2, 0.25) is 0 Å². The summed E-state index contributed by atoms with van der Waals surface area (Å²) in [6, 6.07) is 28.5. The number of hydrogen-bond donors (Lipinski definition) is 0. The van der Waals surface area contributed by atoms with Crippen LogP contribution in [-0.2, 0) is 14.6 Å². The van der Waals surface area contributed by atoms with Gasteiger partial charge in [0.25, 0.3) is 0 Å². The van der Waals surface area contributed by atoms with E-state index >= 15 is 0 Å². The van der Waals surface area contributed by atoms with Crippen LogP contribution in [0.25, 0.3) is 5.57 Å². The zero-order valence-electron chi connectivity index (χ0n) is 16.3. The van der Waals surface area contributed by atoms with Gasteiger partial charge < -0.3 is 4.74 Å². The Morgan fingerprint density at radius 2 is 1.31 bits per heavy atom. The molecule has 0 N–H and O–H groups in total. The molecule has 0 aliphatic carbocycles. The molecular weight excluding hydrogens is 380 g/mol. The van der Waals surface area contributed by atoms with Gasteiger partial charge in [0.05, 0.1) is 16.6 Å². The van der Waals surface area contributed by atoms with E-state index in [1.807, 2.05) is 49.4 Å². The number of sulfone groups is 1. The van der Waals surface area contributed by atoms with Gasteiger partial charge in [0.1, 0.15) is 6.10 Å². The Bertz CT molecular complexity index is 1010. The van der Waals surface area contributed by atoms with Crippen LogP contribution in [-0.4, -0.2) is 14.5 Å². The van der Waals surface area contributed by atoms with Crippen LogP contribution in [0.15, 0.2) is 114 Å². The first-order valence-corrected chi connectivity index (χ1v) is 11.1. The van der Waals surface area contributed by atoms with Crippen molar-refractivity contribution in [2.45, 2.75) is 24.3 Å². The lowest BCUT2D eigenvalue weighted by molar-refractivity contribution is 0.184. The molecule has 4 heteroatoms. The molecule has 1 unspecified atom stereocenters. The number of ether oxygens (including phenoxy) is 1. The lowest BCUT2D eigenvalue weighted by atomic mass is 9.96. The molecule has 0 bridgehead atoms. The molecule has 0 aromatic heterocycles. The highest BCUT2D eigenvalue weighted by Crippen LogP contribution is 2.25. The average Bonchev–Trinajstić information content (AvgIpc) is 2.78. The topological polar surface area (TPSA) is 43.4 Å². The molecular formula is C25H24O3S. The van der Waals surface area contributed by atoms with E-state index in [4.69, 9.17) is 4.74 Å². The fourth-order valence-electron chi connectivity index (χ4n) is 2.93. The van der Waals surface area contributed by atoms with E-state index in [0.717, 1.165) is 22.1 Å². The largest absolute Gasteiger partial charge is 0.493 e. The standard InChI is InChI=1S/C25H24O3S/c1-2-23(28-18-19-29(26,27)24-16-10-5-11-17-24)20-25(21-12-6-3-7-13-21)22-14-8-4-9-15-22/h3-20,23H,2H2,1H3/b19-18-. The summed E-state index contributed by atoms with van der Waals surface area (Å²) in [5.74, 6) is 0. The molecule has 0 aliphatic rings. The second kappa shape index (κ2) is 9.89. The van der Waals surface area contributed by atoms with Crippen molar-refractivity contribution >= 4 is 15.4 Å². The van der Waals surface area contributed by atoms with Crippen molar-refractivity contribution in [2.24, 2.45) is 0 Å². The summed E-state index contributed by atoms with van der Waals surface area (Å²) in [6.45, 7) is 2.01. The Morgan fingerprint density at radius 1 is 0.828 bits per heavy atom. The van der Waals surface area contributed by atoms with Gasteiger partial charge in [-0.3, -0.25) is 0 Å². The monoisotopic (exact) mass is 404 g/mol. The van der Waals surface area contributed by atoms with E-state index in [9.17, 15) is 8.42 Å². The van der Waals surface area contributed by atoms with Gasteiger partial charge in [-0.15, -0.1) is 0 Å². The molecule has 0 heterocycles. The molecule has 0 radical (unpaired) electrons. The molecule has 0 saturated heterocycles. The minimum Gasteiger partial charge on any atom is -0.493 e. The lowest BCUT2D eigenvalue weighted by Gasteiger charge is -2.15. The fraction of sp³-hybridized carbons (Fsp3) is 0.120. The minimum absolute atomic E-state index is 0.248. The zero-order chi connectivity index (χ0) is 20.5. The Hall–Kier alpha value is -3.11. The minimum atomic E-state index is -3.52. The molecule has 0 aliphatic heterocycles. The Balaban J connectivity index is 1.84. The summed E-state index contributed by atoms with van der Waals surface area (Å²) in [5.41, 5.74) is 3.22. The number of benzene rings is 3. The fourth-order valence-corrected chi connectivity index (χ4v) is 3.83. The first-order valence-electron chi connectivity index (χ1n) is 9.55. The summed E-state index contributed by atoms with van der Waals surface area (Å²) in [4.78, 5) is 0.248. The van der Waals surface area contributed by atoms with Gasteiger partial charge in [0.2, 0.25) is 9.84 Å². The second-order valence-corrected chi connectivity index (χ2v) is 8.36. The molecule has 1 atom stereocenters.